The predicted octanol–water partition coefficient (Wildman–Crippen LogP) is 3.14. The average Bonchev–Trinajstić information content (AvgIpc) is 2.86. The molecule has 128 valence electrons. The van der Waals surface area contributed by atoms with Gasteiger partial charge in [0.2, 0.25) is 0 Å². The quantitative estimate of drug-likeness (QED) is 0.879. The molecule has 0 spiro atoms. The summed E-state index contributed by atoms with van der Waals surface area (Å²) in [6.45, 7) is 8.72. The van der Waals surface area contributed by atoms with Gasteiger partial charge in [0.15, 0.2) is 0 Å². The summed E-state index contributed by atoms with van der Waals surface area (Å²) in [7, 11) is 0. The number of carbonyl (C=O) groups excluding carboxylic acids is 1. The van der Waals surface area contributed by atoms with E-state index in [9.17, 15) is 14.7 Å². The molecule has 5 nitrogen and oxygen atoms in total. The summed E-state index contributed by atoms with van der Waals surface area (Å²) < 4.78 is 1.44. The summed E-state index contributed by atoms with van der Waals surface area (Å²) in [5.74, 6) is -2.26. The maximum Gasteiger partial charge on any atom is 0.395 e. The van der Waals surface area contributed by atoms with Crippen LogP contribution in [0.3, 0.4) is 0 Å². The van der Waals surface area contributed by atoms with Crippen LogP contribution in [0.2, 0.25) is 0 Å². The van der Waals surface area contributed by atoms with Crippen LogP contribution in [0.4, 0.5) is 0 Å². The largest absolute Gasteiger partial charge is 0.474 e. The van der Waals surface area contributed by atoms with Crippen LogP contribution in [-0.4, -0.2) is 39.5 Å². The number of hydrogen-bond acceptors (Lipinski definition) is 3. The minimum absolute atomic E-state index is 0.640. The van der Waals surface area contributed by atoms with Gasteiger partial charge in [0.05, 0.1) is 5.52 Å². The van der Waals surface area contributed by atoms with Crippen molar-refractivity contribution in [2.75, 3.05) is 13.1 Å². The van der Waals surface area contributed by atoms with E-state index in [2.05, 4.69) is 17.9 Å². The molecule has 0 fully saturated rings. The fourth-order valence-electron chi connectivity index (χ4n) is 3.81. The molecule has 1 aromatic heterocycles. The highest BCUT2D eigenvalue weighted by Crippen LogP contribution is 2.33. The van der Waals surface area contributed by atoms with Gasteiger partial charge in [-0.1, -0.05) is 25.0 Å². The zero-order valence-electron chi connectivity index (χ0n) is 14.6. The van der Waals surface area contributed by atoms with Crippen molar-refractivity contribution in [1.82, 2.24) is 9.47 Å². The van der Waals surface area contributed by atoms with E-state index in [-0.39, 0.29) is 0 Å². The molecular weight excluding hydrogens is 304 g/mol. The third kappa shape index (κ3) is 2.73. The van der Waals surface area contributed by atoms with Gasteiger partial charge in [-0.15, -0.1) is 0 Å². The zero-order valence-corrected chi connectivity index (χ0v) is 14.6. The second-order valence-electron chi connectivity index (χ2n) is 6.73. The lowest BCUT2D eigenvalue weighted by molar-refractivity contribution is -0.132. The lowest BCUT2D eigenvalue weighted by Gasteiger charge is -2.27. The van der Waals surface area contributed by atoms with Crippen molar-refractivity contribution in [1.29, 1.82) is 0 Å². The van der Waals surface area contributed by atoms with Crippen molar-refractivity contribution in [3.05, 3.63) is 34.5 Å². The van der Waals surface area contributed by atoms with Crippen LogP contribution < -0.4 is 0 Å². The predicted molar refractivity (Wildman–Crippen MR) is 93.6 cm³/mol. The van der Waals surface area contributed by atoms with E-state index >= 15 is 0 Å². The number of carbonyl (C=O) groups is 2. The normalized spacial score (nSPS) is 14.8. The number of benzene rings is 1. The maximum absolute atomic E-state index is 12.4. The highest BCUT2D eigenvalue weighted by Gasteiger charge is 2.29. The van der Waals surface area contributed by atoms with Gasteiger partial charge in [-0.05, 0) is 50.4 Å². The number of aromatic nitrogens is 1. The molecule has 0 saturated carbocycles. The van der Waals surface area contributed by atoms with Crippen molar-refractivity contribution in [3.63, 3.8) is 0 Å². The lowest BCUT2D eigenvalue weighted by atomic mass is 10.0. The number of fused-ring (bicyclic) bond motifs is 3. The van der Waals surface area contributed by atoms with Gasteiger partial charge < -0.3 is 5.11 Å². The number of rotatable bonds is 3. The highest BCUT2D eigenvalue weighted by atomic mass is 16.4. The molecule has 1 aromatic carbocycles. The standard InChI is InChI=1S/C19H24N2O3/c1-4-5-7-20-8-6-14-15-10-12(2)9-13(3)17(15)21(16(14)11-20)18(22)19(23)24/h9-10H,4-8,11H2,1-3H3,(H,23,24). The van der Waals surface area contributed by atoms with E-state index in [0.717, 1.165) is 65.6 Å². The Kier molecular flexibility index (Phi) is 4.45. The number of aryl methyl sites for hydroxylation is 2. The molecule has 1 aliphatic heterocycles. The summed E-state index contributed by atoms with van der Waals surface area (Å²) in [5, 5.41) is 10.3. The van der Waals surface area contributed by atoms with Gasteiger partial charge in [-0.3, -0.25) is 14.3 Å². The SMILES string of the molecule is CCCCN1CCc2c(n(C(=O)C(=O)O)c3c(C)cc(C)cc23)C1. The Balaban J connectivity index is 2.19. The highest BCUT2D eigenvalue weighted by molar-refractivity contribution is 6.34. The van der Waals surface area contributed by atoms with E-state index in [1.165, 1.54) is 4.57 Å². The molecule has 0 bridgehead atoms. The first kappa shape index (κ1) is 16.7. The van der Waals surface area contributed by atoms with Crippen molar-refractivity contribution < 1.29 is 14.7 Å². The molecule has 0 saturated heterocycles. The summed E-state index contributed by atoms with van der Waals surface area (Å²) in [5.41, 5.74) is 4.84. The van der Waals surface area contributed by atoms with Crippen molar-refractivity contribution in [3.8, 4) is 0 Å². The Bertz CT molecular complexity index is 820. The molecule has 0 amide bonds. The summed E-state index contributed by atoms with van der Waals surface area (Å²) in [6.07, 6.45) is 3.09. The molecule has 0 aliphatic carbocycles. The monoisotopic (exact) mass is 328 g/mol. The smallest absolute Gasteiger partial charge is 0.395 e. The molecule has 0 unspecified atom stereocenters. The first-order chi connectivity index (χ1) is 11.4. The Morgan fingerprint density at radius 1 is 1.25 bits per heavy atom. The average molecular weight is 328 g/mol. The second kappa shape index (κ2) is 6.40. The third-order valence-electron chi connectivity index (χ3n) is 4.88. The van der Waals surface area contributed by atoms with Gasteiger partial charge in [-0.2, -0.15) is 0 Å². The van der Waals surface area contributed by atoms with E-state index in [1.807, 2.05) is 19.9 Å². The number of aliphatic carboxylic acids is 1. The van der Waals surface area contributed by atoms with Gasteiger partial charge in [0, 0.05) is 24.2 Å². The number of unbranched alkanes of at least 4 members (excludes halogenated alkanes) is 1. The molecule has 3 rings (SSSR count). The van der Waals surface area contributed by atoms with Gasteiger partial charge in [0.25, 0.3) is 0 Å². The molecule has 1 N–H and O–H groups in total. The molecule has 24 heavy (non-hydrogen) atoms. The third-order valence-corrected chi connectivity index (χ3v) is 4.88. The van der Waals surface area contributed by atoms with Crippen LogP contribution >= 0.6 is 0 Å². The topological polar surface area (TPSA) is 62.5 Å². The van der Waals surface area contributed by atoms with Crippen LogP contribution in [0.5, 0.6) is 0 Å². The Morgan fingerprint density at radius 2 is 2.00 bits per heavy atom. The Morgan fingerprint density at radius 3 is 2.67 bits per heavy atom. The summed E-state index contributed by atoms with van der Waals surface area (Å²) >= 11 is 0. The van der Waals surface area contributed by atoms with E-state index < -0.39 is 11.9 Å². The molecule has 2 aromatic rings. The van der Waals surface area contributed by atoms with Crippen molar-refractivity contribution in [2.45, 2.75) is 46.6 Å². The second-order valence-corrected chi connectivity index (χ2v) is 6.73. The van der Waals surface area contributed by atoms with Gasteiger partial charge in [-0.25, -0.2) is 4.79 Å². The zero-order chi connectivity index (χ0) is 17.4. The van der Waals surface area contributed by atoms with Crippen molar-refractivity contribution in [2.24, 2.45) is 0 Å². The minimum atomic E-state index is -1.40. The summed E-state index contributed by atoms with van der Waals surface area (Å²) in [6, 6.07) is 4.09. The van der Waals surface area contributed by atoms with Crippen molar-refractivity contribution >= 4 is 22.8 Å². The maximum atomic E-state index is 12.4. The number of carboxylic acids is 1. The van der Waals surface area contributed by atoms with Gasteiger partial charge >= 0.3 is 11.9 Å². The first-order valence-corrected chi connectivity index (χ1v) is 8.57. The molecular formula is C19H24N2O3. The van der Waals surface area contributed by atoms with E-state index in [4.69, 9.17) is 0 Å². The van der Waals surface area contributed by atoms with Crippen LogP contribution in [-0.2, 0) is 17.8 Å². The molecule has 5 heteroatoms. The number of nitrogens with zero attached hydrogens (tertiary/aromatic N) is 2. The Hall–Kier alpha value is -2.14. The minimum Gasteiger partial charge on any atom is -0.474 e. The molecule has 1 aliphatic rings. The first-order valence-electron chi connectivity index (χ1n) is 8.57. The number of carboxylic acid groups (broad SMARTS) is 1. The summed E-state index contributed by atoms with van der Waals surface area (Å²) in [4.78, 5) is 26.1. The van der Waals surface area contributed by atoms with Crippen LogP contribution in [0, 0.1) is 13.8 Å². The molecule has 2 heterocycles. The molecule has 0 atom stereocenters. The lowest BCUT2D eigenvalue weighted by Crippen LogP contribution is -2.34. The number of hydrogen-bond donors (Lipinski definition) is 1. The van der Waals surface area contributed by atoms with Crippen LogP contribution in [0.15, 0.2) is 12.1 Å². The van der Waals surface area contributed by atoms with Crippen LogP contribution in [0.25, 0.3) is 10.9 Å². The fourth-order valence-corrected chi connectivity index (χ4v) is 3.81. The van der Waals surface area contributed by atoms with E-state index in [1.54, 1.807) is 0 Å². The Labute approximate surface area is 141 Å². The molecule has 0 radical (unpaired) electrons. The fraction of sp³-hybridized carbons (Fsp3) is 0.474. The van der Waals surface area contributed by atoms with Gasteiger partial charge in [0.1, 0.15) is 0 Å². The van der Waals surface area contributed by atoms with E-state index in [0.29, 0.717) is 6.54 Å². The van der Waals surface area contributed by atoms with Crippen LogP contribution in [0.1, 0.15) is 46.9 Å².